The summed E-state index contributed by atoms with van der Waals surface area (Å²) in [5.41, 5.74) is 4.72. The standard InChI is InChI=1S/C20H22ClN3O/c21-16-8-7-14-9-11-22-12-10-15(14)20(16)25-13-3-6-19-23-17-4-1-2-5-18(17)24-19/h1-2,4-5,7-8,22H,3,6,9-13H2,(H,23,24). The van der Waals surface area contributed by atoms with E-state index in [0.717, 1.165) is 61.4 Å². The highest BCUT2D eigenvalue weighted by molar-refractivity contribution is 6.32. The Labute approximate surface area is 152 Å². The van der Waals surface area contributed by atoms with E-state index in [1.165, 1.54) is 11.1 Å². The minimum atomic E-state index is 0.640. The Morgan fingerprint density at radius 2 is 1.96 bits per heavy atom. The number of rotatable bonds is 5. The van der Waals surface area contributed by atoms with Crippen LogP contribution in [-0.4, -0.2) is 29.7 Å². The number of nitrogens with one attached hydrogen (secondary N) is 2. The van der Waals surface area contributed by atoms with Crippen molar-refractivity contribution < 1.29 is 4.74 Å². The van der Waals surface area contributed by atoms with Gasteiger partial charge in [0.05, 0.1) is 22.7 Å². The van der Waals surface area contributed by atoms with Crippen molar-refractivity contribution in [1.82, 2.24) is 15.3 Å². The Hall–Kier alpha value is -2.04. The molecule has 0 atom stereocenters. The number of ether oxygens (including phenoxy) is 1. The molecular formula is C20H22ClN3O. The van der Waals surface area contributed by atoms with E-state index < -0.39 is 0 Å². The van der Waals surface area contributed by atoms with Crippen LogP contribution in [0, 0.1) is 0 Å². The molecule has 0 saturated carbocycles. The minimum absolute atomic E-state index is 0.640. The average Bonchev–Trinajstić information content (AvgIpc) is 2.89. The lowest BCUT2D eigenvalue weighted by Gasteiger charge is -2.15. The van der Waals surface area contributed by atoms with Gasteiger partial charge in [-0.15, -0.1) is 0 Å². The van der Waals surface area contributed by atoms with Gasteiger partial charge < -0.3 is 15.0 Å². The zero-order valence-corrected chi connectivity index (χ0v) is 14.9. The molecular weight excluding hydrogens is 334 g/mol. The number of aryl methyl sites for hydroxylation is 1. The molecule has 4 nitrogen and oxygen atoms in total. The van der Waals surface area contributed by atoms with Gasteiger partial charge in [0.2, 0.25) is 0 Å². The smallest absolute Gasteiger partial charge is 0.141 e. The first kappa shape index (κ1) is 16.4. The average molecular weight is 356 g/mol. The second kappa shape index (κ2) is 7.46. The molecule has 1 aliphatic rings. The Kier molecular flexibility index (Phi) is 4.90. The second-order valence-corrected chi connectivity index (χ2v) is 6.82. The van der Waals surface area contributed by atoms with Crippen molar-refractivity contribution in [2.24, 2.45) is 0 Å². The molecule has 4 rings (SSSR count). The van der Waals surface area contributed by atoms with Crippen LogP contribution in [-0.2, 0) is 19.3 Å². The van der Waals surface area contributed by atoms with Crippen molar-refractivity contribution in [3.05, 3.63) is 58.4 Å². The van der Waals surface area contributed by atoms with Crippen LogP contribution in [0.15, 0.2) is 36.4 Å². The summed E-state index contributed by atoms with van der Waals surface area (Å²) in [6, 6.07) is 12.2. The lowest BCUT2D eigenvalue weighted by atomic mass is 10.0. The Morgan fingerprint density at radius 3 is 2.88 bits per heavy atom. The fourth-order valence-corrected chi connectivity index (χ4v) is 3.64. The third-order valence-corrected chi connectivity index (χ3v) is 4.97. The van der Waals surface area contributed by atoms with Crippen molar-refractivity contribution in [3.8, 4) is 5.75 Å². The van der Waals surface area contributed by atoms with E-state index in [2.05, 4.69) is 27.4 Å². The molecule has 0 radical (unpaired) electrons. The third kappa shape index (κ3) is 3.65. The summed E-state index contributed by atoms with van der Waals surface area (Å²) in [4.78, 5) is 7.97. The van der Waals surface area contributed by atoms with Gasteiger partial charge in [-0.25, -0.2) is 4.98 Å². The quantitative estimate of drug-likeness (QED) is 0.682. The summed E-state index contributed by atoms with van der Waals surface area (Å²) in [6.07, 6.45) is 3.76. The largest absolute Gasteiger partial charge is 0.492 e. The molecule has 0 aliphatic carbocycles. The summed E-state index contributed by atoms with van der Waals surface area (Å²) in [5.74, 6) is 1.87. The van der Waals surface area contributed by atoms with Gasteiger partial charge in [-0.05, 0) is 56.1 Å². The van der Waals surface area contributed by atoms with Crippen molar-refractivity contribution in [3.63, 3.8) is 0 Å². The number of halogens is 1. The van der Waals surface area contributed by atoms with E-state index in [1.54, 1.807) is 0 Å². The highest BCUT2D eigenvalue weighted by atomic mass is 35.5. The van der Waals surface area contributed by atoms with Crippen molar-refractivity contribution in [2.75, 3.05) is 19.7 Å². The monoisotopic (exact) mass is 355 g/mol. The fraction of sp³-hybridized carbons (Fsp3) is 0.350. The van der Waals surface area contributed by atoms with Crippen molar-refractivity contribution in [2.45, 2.75) is 25.7 Å². The maximum Gasteiger partial charge on any atom is 0.141 e. The van der Waals surface area contributed by atoms with Gasteiger partial charge in [0.1, 0.15) is 11.6 Å². The fourth-order valence-electron chi connectivity index (χ4n) is 3.40. The number of aromatic nitrogens is 2. The number of para-hydroxylation sites is 2. The molecule has 130 valence electrons. The third-order valence-electron chi connectivity index (χ3n) is 4.68. The van der Waals surface area contributed by atoms with Crippen LogP contribution in [0.1, 0.15) is 23.4 Å². The van der Waals surface area contributed by atoms with E-state index in [0.29, 0.717) is 11.6 Å². The number of hydrogen-bond donors (Lipinski definition) is 2. The molecule has 2 N–H and O–H groups in total. The van der Waals surface area contributed by atoms with E-state index in [-0.39, 0.29) is 0 Å². The zero-order valence-electron chi connectivity index (χ0n) is 14.1. The van der Waals surface area contributed by atoms with E-state index in [1.807, 2.05) is 24.3 Å². The number of benzene rings is 2. The molecule has 0 spiro atoms. The van der Waals surface area contributed by atoms with Crippen LogP contribution in [0.2, 0.25) is 5.02 Å². The van der Waals surface area contributed by atoms with Gasteiger partial charge in [0, 0.05) is 12.0 Å². The van der Waals surface area contributed by atoms with Crippen LogP contribution in [0.3, 0.4) is 0 Å². The summed E-state index contributed by atoms with van der Waals surface area (Å²) in [7, 11) is 0. The van der Waals surface area contributed by atoms with Gasteiger partial charge in [-0.1, -0.05) is 29.8 Å². The number of nitrogens with zero attached hydrogens (tertiary/aromatic N) is 1. The molecule has 5 heteroatoms. The second-order valence-electron chi connectivity index (χ2n) is 6.42. The topological polar surface area (TPSA) is 49.9 Å². The van der Waals surface area contributed by atoms with Crippen LogP contribution < -0.4 is 10.1 Å². The molecule has 0 fully saturated rings. The van der Waals surface area contributed by atoms with Gasteiger partial charge in [0.15, 0.2) is 0 Å². The Bertz CT molecular complexity index is 842. The Morgan fingerprint density at radius 1 is 1.08 bits per heavy atom. The highest BCUT2D eigenvalue weighted by Gasteiger charge is 2.16. The first-order valence-electron chi connectivity index (χ1n) is 8.88. The number of aromatic amines is 1. The predicted molar refractivity (Wildman–Crippen MR) is 102 cm³/mol. The predicted octanol–water partition coefficient (Wildman–Crippen LogP) is 3.92. The summed E-state index contributed by atoms with van der Waals surface area (Å²) < 4.78 is 6.09. The maximum absolute atomic E-state index is 6.40. The molecule has 0 amide bonds. The molecule has 25 heavy (non-hydrogen) atoms. The van der Waals surface area contributed by atoms with Gasteiger partial charge in [-0.2, -0.15) is 0 Å². The Balaban J connectivity index is 1.40. The normalized spacial score (nSPS) is 14.3. The lowest BCUT2D eigenvalue weighted by molar-refractivity contribution is 0.307. The zero-order chi connectivity index (χ0) is 17.1. The SMILES string of the molecule is Clc1ccc2c(c1OCCCc1nc3ccccc3[nH]1)CCNCC2. The molecule has 3 aromatic rings. The van der Waals surface area contributed by atoms with E-state index in [9.17, 15) is 0 Å². The first-order valence-corrected chi connectivity index (χ1v) is 9.26. The van der Waals surface area contributed by atoms with Crippen molar-refractivity contribution >= 4 is 22.6 Å². The van der Waals surface area contributed by atoms with Gasteiger partial charge >= 0.3 is 0 Å². The number of hydrogen-bond acceptors (Lipinski definition) is 3. The summed E-state index contributed by atoms with van der Waals surface area (Å²) in [6.45, 7) is 2.63. The summed E-state index contributed by atoms with van der Waals surface area (Å²) >= 11 is 6.40. The molecule has 0 unspecified atom stereocenters. The molecule has 0 saturated heterocycles. The number of H-pyrrole nitrogens is 1. The highest BCUT2D eigenvalue weighted by Crippen LogP contribution is 2.33. The molecule has 2 aromatic carbocycles. The lowest BCUT2D eigenvalue weighted by Crippen LogP contribution is -2.16. The van der Waals surface area contributed by atoms with Crippen LogP contribution in [0.5, 0.6) is 5.75 Å². The molecule has 2 heterocycles. The van der Waals surface area contributed by atoms with Gasteiger partial charge in [-0.3, -0.25) is 0 Å². The maximum atomic E-state index is 6.40. The number of imidazole rings is 1. The van der Waals surface area contributed by atoms with Crippen molar-refractivity contribution in [1.29, 1.82) is 0 Å². The van der Waals surface area contributed by atoms with Crippen LogP contribution in [0.25, 0.3) is 11.0 Å². The summed E-state index contributed by atoms with van der Waals surface area (Å²) in [5, 5.41) is 4.14. The molecule has 1 aliphatic heterocycles. The van der Waals surface area contributed by atoms with Crippen LogP contribution >= 0.6 is 11.6 Å². The molecule has 1 aromatic heterocycles. The minimum Gasteiger partial charge on any atom is -0.492 e. The van der Waals surface area contributed by atoms with Crippen LogP contribution in [0.4, 0.5) is 0 Å². The van der Waals surface area contributed by atoms with Gasteiger partial charge in [0.25, 0.3) is 0 Å². The first-order chi connectivity index (χ1) is 12.3. The number of fused-ring (bicyclic) bond motifs is 2. The van der Waals surface area contributed by atoms with E-state index >= 15 is 0 Å². The molecule has 0 bridgehead atoms. The van der Waals surface area contributed by atoms with E-state index in [4.69, 9.17) is 16.3 Å².